The molecular weight excluding hydrogens is 516 g/mol. The summed E-state index contributed by atoms with van der Waals surface area (Å²) in [5.74, 6) is -1.27. The van der Waals surface area contributed by atoms with Gasteiger partial charge in [-0.05, 0) is 23.5 Å². The van der Waals surface area contributed by atoms with Gasteiger partial charge in [-0.3, -0.25) is 14.4 Å². The first-order valence-electron chi connectivity index (χ1n) is 13.1. The van der Waals surface area contributed by atoms with Crippen LogP contribution >= 0.6 is 0 Å². The third kappa shape index (κ3) is 9.40. The van der Waals surface area contributed by atoms with Crippen molar-refractivity contribution in [1.82, 2.24) is 20.4 Å². The highest BCUT2D eigenvalue weighted by Gasteiger charge is 2.36. The summed E-state index contributed by atoms with van der Waals surface area (Å²) in [6, 6.07) is 16.4. The number of carbonyl (C=O) groups excluding carboxylic acids is 5. The summed E-state index contributed by atoms with van der Waals surface area (Å²) >= 11 is 0. The van der Waals surface area contributed by atoms with Crippen molar-refractivity contribution in [2.24, 2.45) is 5.92 Å². The van der Waals surface area contributed by atoms with Gasteiger partial charge in [0.05, 0.1) is 6.54 Å². The van der Waals surface area contributed by atoms with E-state index in [0.29, 0.717) is 6.42 Å². The molecule has 40 heavy (non-hydrogen) atoms. The topological polar surface area (TPSA) is 134 Å². The third-order valence-electron chi connectivity index (χ3n) is 6.23. The lowest BCUT2D eigenvalue weighted by molar-refractivity contribution is -0.132. The summed E-state index contributed by atoms with van der Waals surface area (Å²) in [6.45, 7) is 3.40. The lowest BCUT2D eigenvalue weighted by Gasteiger charge is -2.23. The van der Waals surface area contributed by atoms with Gasteiger partial charge in [0.1, 0.15) is 31.8 Å². The molecule has 1 fully saturated rings. The van der Waals surface area contributed by atoms with E-state index in [0.717, 1.165) is 16.0 Å². The Morgan fingerprint density at radius 3 is 2.10 bits per heavy atom. The zero-order valence-electron chi connectivity index (χ0n) is 23.0. The van der Waals surface area contributed by atoms with Gasteiger partial charge in [-0.2, -0.15) is 0 Å². The number of nitrogens with zero attached hydrogens (tertiary/aromatic N) is 2. The summed E-state index contributed by atoms with van der Waals surface area (Å²) in [4.78, 5) is 65.4. The van der Waals surface area contributed by atoms with E-state index in [2.05, 4.69) is 10.6 Å². The van der Waals surface area contributed by atoms with E-state index in [4.69, 9.17) is 9.47 Å². The molecule has 1 heterocycles. The Labute approximate surface area is 233 Å². The highest BCUT2D eigenvalue weighted by molar-refractivity contribution is 5.97. The number of benzene rings is 2. The molecule has 1 aliphatic rings. The number of hydrogen-bond donors (Lipinski definition) is 2. The molecule has 2 aromatic rings. The molecule has 2 aromatic carbocycles. The SMILES string of the molecule is CC(C)C[C@H](NC(=O)OCc1ccccc1)C(=O)NC1CN(C(=O)CN(C)C(=O)OCc2ccccc2)CC1=O. The summed E-state index contributed by atoms with van der Waals surface area (Å²) in [5, 5.41) is 5.24. The zero-order chi connectivity index (χ0) is 29.1. The normalized spacial score (nSPS) is 15.3. The first-order valence-corrected chi connectivity index (χ1v) is 13.1. The molecule has 0 aliphatic carbocycles. The molecule has 0 aromatic heterocycles. The van der Waals surface area contributed by atoms with Gasteiger partial charge in [-0.25, -0.2) is 9.59 Å². The summed E-state index contributed by atoms with van der Waals surface area (Å²) in [6.07, 6.45) is -1.10. The molecule has 4 amide bonds. The van der Waals surface area contributed by atoms with E-state index in [-0.39, 0.29) is 44.5 Å². The molecule has 11 nitrogen and oxygen atoms in total. The van der Waals surface area contributed by atoms with Crippen molar-refractivity contribution < 1.29 is 33.4 Å². The largest absolute Gasteiger partial charge is 0.445 e. The van der Waals surface area contributed by atoms with Crippen molar-refractivity contribution in [3.63, 3.8) is 0 Å². The van der Waals surface area contributed by atoms with Crippen LogP contribution in [0.15, 0.2) is 60.7 Å². The van der Waals surface area contributed by atoms with E-state index in [1.165, 1.54) is 11.9 Å². The van der Waals surface area contributed by atoms with Crippen LogP contribution < -0.4 is 10.6 Å². The van der Waals surface area contributed by atoms with E-state index in [1.807, 2.05) is 74.5 Å². The lowest BCUT2D eigenvalue weighted by atomic mass is 10.0. The Hall–Kier alpha value is -4.41. The van der Waals surface area contributed by atoms with Gasteiger partial charge in [0, 0.05) is 13.6 Å². The molecule has 2 atom stereocenters. The molecular formula is C29H36N4O7. The molecule has 1 saturated heterocycles. The molecule has 0 bridgehead atoms. The van der Waals surface area contributed by atoms with Crippen LogP contribution in [0.2, 0.25) is 0 Å². The number of hydrogen-bond acceptors (Lipinski definition) is 7. The summed E-state index contributed by atoms with van der Waals surface area (Å²) < 4.78 is 10.5. The van der Waals surface area contributed by atoms with Gasteiger partial charge < -0.3 is 29.9 Å². The van der Waals surface area contributed by atoms with Gasteiger partial charge in [-0.1, -0.05) is 74.5 Å². The van der Waals surface area contributed by atoms with Gasteiger partial charge in [-0.15, -0.1) is 0 Å². The van der Waals surface area contributed by atoms with Gasteiger partial charge in [0.2, 0.25) is 11.8 Å². The maximum atomic E-state index is 13.0. The van der Waals surface area contributed by atoms with Crippen LogP contribution in [0.4, 0.5) is 9.59 Å². The van der Waals surface area contributed by atoms with Crippen LogP contribution in [0.25, 0.3) is 0 Å². The molecule has 214 valence electrons. The van der Waals surface area contributed by atoms with Gasteiger partial charge >= 0.3 is 12.2 Å². The fourth-order valence-corrected chi connectivity index (χ4v) is 4.08. The third-order valence-corrected chi connectivity index (χ3v) is 6.23. The molecule has 0 spiro atoms. The maximum absolute atomic E-state index is 13.0. The molecule has 3 rings (SSSR count). The monoisotopic (exact) mass is 552 g/mol. The van der Waals surface area contributed by atoms with Crippen LogP contribution in [-0.4, -0.2) is 78.3 Å². The Bertz CT molecular complexity index is 1170. The fourth-order valence-electron chi connectivity index (χ4n) is 4.08. The van der Waals surface area contributed by atoms with Crippen LogP contribution in [0, 0.1) is 5.92 Å². The van der Waals surface area contributed by atoms with Crippen molar-refractivity contribution in [3.05, 3.63) is 71.8 Å². The fraction of sp³-hybridized carbons (Fsp3) is 0.414. The number of carbonyl (C=O) groups is 5. The first kappa shape index (κ1) is 30.1. The number of Topliss-reactive ketones (excluding diaryl/α,β-unsaturated/α-hetero) is 1. The summed E-state index contributed by atoms with van der Waals surface area (Å²) in [7, 11) is 1.43. The van der Waals surface area contributed by atoms with Gasteiger partial charge in [0.15, 0.2) is 5.78 Å². The van der Waals surface area contributed by atoms with Crippen molar-refractivity contribution in [3.8, 4) is 0 Å². The number of likely N-dealkylation sites (tertiary alicyclic amines) is 1. The van der Waals surface area contributed by atoms with Crippen LogP contribution in [0.1, 0.15) is 31.4 Å². The van der Waals surface area contributed by atoms with Crippen LogP contribution in [0.3, 0.4) is 0 Å². The lowest BCUT2D eigenvalue weighted by Crippen LogP contribution is -2.52. The number of ether oxygens (including phenoxy) is 2. The van der Waals surface area contributed by atoms with Gasteiger partial charge in [0.25, 0.3) is 0 Å². The van der Waals surface area contributed by atoms with Crippen molar-refractivity contribution in [2.75, 3.05) is 26.7 Å². The number of ketones is 1. The van der Waals surface area contributed by atoms with Crippen molar-refractivity contribution in [2.45, 2.75) is 45.6 Å². The average Bonchev–Trinajstić information content (AvgIpc) is 3.30. The Balaban J connectivity index is 1.48. The molecule has 1 aliphatic heterocycles. The highest BCUT2D eigenvalue weighted by atomic mass is 16.6. The smallest absolute Gasteiger partial charge is 0.410 e. The predicted molar refractivity (Wildman–Crippen MR) is 146 cm³/mol. The second-order valence-corrected chi connectivity index (χ2v) is 10.1. The number of amides is 4. The standard InChI is InChI=1S/C29H36N4O7/c1-20(2)14-23(31-28(37)39-18-21-10-6-4-7-11-21)27(36)30-24-15-33(16-25(24)34)26(35)17-32(3)29(38)40-19-22-12-8-5-9-13-22/h4-13,20,23-24H,14-19H2,1-3H3,(H,30,36)(H,31,37)/t23-,24?/m0/s1. The van der Waals surface area contributed by atoms with Crippen LogP contribution in [-0.2, 0) is 37.1 Å². The van der Waals surface area contributed by atoms with E-state index >= 15 is 0 Å². The van der Waals surface area contributed by atoms with Crippen molar-refractivity contribution >= 4 is 29.8 Å². The van der Waals surface area contributed by atoms with E-state index < -0.39 is 36.1 Å². The Morgan fingerprint density at radius 1 is 0.950 bits per heavy atom. The number of rotatable bonds is 11. The Kier molecular flexibility index (Phi) is 11.0. The first-order chi connectivity index (χ1) is 19.1. The molecule has 0 radical (unpaired) electrons. The molecule has 2 N–H and O–H groups in total. The highest BCUT2D eigenvalue weighted by Crippen LogP contribution is 2.11. The van der Waals surface area contributed by atoms with E-state index in [1.54, 1.807) is 0 Å². The minimum Gasteiger partial charge on any atom is -0.445 e. The number of likely N-dealkylation sites (N-methyl/N-ethyl adjacent to an activating group) is 1. The number of alkyl carbamates (subject to hydrolysis) is 1. The van der Waals surface area contributed by atoms with Crippen LogP contribution in [0.5, 0.6) is 0 Å². The molecule has 1 unspecified atom stereocenters. The molecule has 11 heteroatoms. The predicted octanol–water partition coefficient (Wildman–Crippen LogP) is 2.49. The quantitative estimate of drug-likeness (QED) is 0.437. The summed E-state index contributed by atoms with van der Waals surface area (Å²) in [5.41, 5.74) is 1.62. The van der Waals surface area contributed by atoms with E-state index in [9.17, 15) is 24.0 Å². The number of nitrogens with one attached hydrogen (secondary N) is 2. The minimum atomic E-state index is -0.927. The Morgan fingerprint density at radius 2 is 1.52 bits per heavy atom. The molecule has 0 saturated carbocycles. The van der Waals surface area contributed by atoms with Crippen molar-refractivity contribution in [1.29, 1.82) is 0 Å². The average molecular weight is 553 g/mol. The zero-order valence-corrected chi connectivity index (χ0v) is 23.0. The second-order valence-electron chi connectivity index (χ2n) is 10.1. The maximum Gasteiger partial charge on any atom is 0.410 e. The minimum absolute atomic E-state index is 0.0385. The second kappa shape index (κ2) is 14.7.